The molecule has 1 aliphatic heterocycles. The maximum absolute atomic E-state index is 14.0. The predicted octanol–water partition coefficient (Wildman–Crippen LogP) is 9.62. The van der Waals surface area contributed by atoms with Crippen LogP contribution < -0.4 is 8.92 Å². The lowest BCUT2D eigenvalue weighted by Crippen LogP contribution is -2.64. The molecule has 1 aliphatic rings. The van der Waals surface area contributed by atoms with Crippen LogP contribution in [0.15, 0.2) is 59.8 Å². The van der Waals surface area contributed by atoms with Crippen molar-refractivity contribution in [2.45, 2.75) is 77.8 Å². The molecule has 1 heterocycles. The molecule has 20 heteroatoms. The summed E-state index contributed by atoms with van der Waals surface area (Å²) in [6, 6.07) is 9.79. The fourth-order valence-corrected chi connectivity index (χ4v) is 8.40. The van der Waals surface area contributed by atoms with Gasteiger partial charge in [0.15, 0.2) is 8.32 Å². The lowest BCUT2D eigenvalue weighted by molar-refractivity contribution is -0.384. The number of hydrogen-bond acceptors (Lipinski definition) is 12. The van der Waals surface area contributed by atoms with Crippen LogP contribution in [0.4, 0.5) is 32.4 Å². The summed E-state index contributed by atoms with van der Waals surface area (Å²) >= 11 is 1.03. The highest BCUT2D eigenvalue weighted by atomic mass is 32.2. The first-order valence-corrected chi connectivity index (χ1v) is 21.5. The van der Waals surface area contributed by atoms with Gasteiger partial charge in [-0.1, -0.05) is 20.8 Å². The summed E-state index contributed by atoms with van der Waals surface area (Å²) in [5.41, 5.74) is 0.221. The largest absolute Gasteiger partial charge is 0.456 e. The van der Waals surface area contributed by atoms with Crippen LogP contribution in [0.3, 0.4) is 0 Å². The molecule has 1 amide bonds. The molecule has 4 rings (SSSR count). The molecule has 0 aliphatic carbocycles. The summed E-state index contributed by atoms with van der Waals surface area (Å²) in [5.74, 6) is -17.2. The molecule has 57 heavy (non-hydrogen) atoms. The SMILES string of the molecule is CC(C)=C(C(=O)OCc1ccc([N+](=O)[O-])cc1)N1C(=O)C([C@H](C)O[Si](C)(C)C(C)(C)C)C1SC(=O)SOc1ccc(C(=O)Oc2c(F)c(F)c(F)c(F)c2F)cc1. The van der Waals surface area contributed by atoms with Crippen LogP contribution in [0.25, 0.3) is 0 Å². The number of hydrogen-bond donors (Lipinski definition) is 0. The van der Waals surface area contributed by atoms with Gasteiger partial charge in [-0.2, -0.15) is 8.78 Å². The molecule has 1 fully saturated rings. The Balaban J connectivity index is 1.49. The average Bonchev–Trinajstić information content (AvgIpc) is 3.14. The van der Waals surface area contributed by atoms with Crippen molar-refractivity contribution >= 4 is 60.1 Å². The molecule has 0 spiro atoms. The molecule has 2 unspecified atom stereocenters. The van der Waals surface area contributed by atoms with E-state index in [1.54, 1.807) is 20.8 Å². The zero-order valence-corrected chi connectivity index (χ0v) is 34.4. The van der Waals surface area contributed by atoms with E-state index >= 15 is 0 Å². The summed E-state index contributed by atoms with van der Waals surface area (Å²) in [7, 11) is -2.43. The van der Waals surface area contributed by atoms with Crippen LogP contribution in [0.1, 0.15) is 57.5 Å². The Bertz CT molecular complexity index is 2080. The number of esters is 2. The minimum atomic E-state index is -2.43. The number of nitro groups is 1. The lowest BCUT2D eigenvalue weighted by atomic mass is 9.91. The number of β-lactam (4-membered cyclic amide) rings is 1. The minimum absolute atomic E-state index is 0.00531. The number of carbonyl (C=O) groups excluding carboxylic acids is 4. The summed E-state index contributed by atoms with van der Waals surface area (Å²) in [5, 5.41) is 9.82. The van der Waals surface area contributed by atoms with Crippen molar-refractivity contribution in [3.8, 4) is 11.5 Å². The highest BCUT2D eigenvalue weighted by molar-refractivity contribution is 8.37. The number of benzene rings is 3. The number of rotatable bonds is 13. The fourth-order valence-electron chi connectivity index (χ4n) is 5.14. The van der Waals surface area contributed by atoms with Crippen molar-refractivity contribution in [3.05, 3.63) is 110 Å². The Morgan fingerprint density at radius 3 is 1.96 bits per heavy atom. The summed E-state index contributed by atoms with van der Waals surface area (Å²) in [4.78, 5) is 64.8. The van der Waals surface area contributed by atoms with Gasteiger partial charge in [0.2, 0.25) is 40.7 Å². The van der Waals surface area contributed by atoms with E-state index in [0.717, 1.165) is 17.0 Å². The van der Waals surface area contributed by atoms with Gasteiger partial charge in [-0.3, -0.25) is 24.6 Å². The maximum atomic E-state index is 14.0. The smallest absolute Gasteiger partial charge is 0.355 e. The molecule has 0 N–H and O–H groups in total. The monoisotopic (exact) mass is 856 g/mol. The third kappa shape index (κ3) is 10.0. The zero-order valence-electron chi connectivity index (χ0n) is 31.7. The molecular formula is C37H37F5N2O10S2Si. The molecule has 1 saturated heterocycles. The van der Waals surface area contributed by atoms with E-state index in [-0.39, 0.29) is 34.3 Å². The molecule has 0 bridgehead atoms. The summed E-state index contributed by atoms with van der Waals surface area (Å²) in [6.07, 6.45) is -0.683. The second-order valence-corrected chi connectivity index (χ2v) is 21.2. The molecule has 0 aromatic heterocycles. The van der Waals surface area contributed by atoms with Crippen LogP contribution >= 0.6 is 23.8 Å². The highest BCUT2D eigenvalue weighted by Crippen LogP contribution is 2.46. The van der Waals surface area contributed by atoms with Gasteiger partial charge in [-0.15, -0.1) is 0 Å². The number of ether oxygens (including phenoxy) is 2. The molecule has 0 radical (unpaired) electrons. The first kappa shape index (κ1) is 44.9. The number of halogens is 5. The van der Waals surface area contributed by atoms with E-state index in [1.807, 2.05) is 33.9 Å². The molecule has 306 valence electrons. The van der Waals surface area contributed by atoms with Crippen molar-refractivity contribution in [3.63, 3.8) is 0 Å². The fraction of sp³-hybridized carbons (Fsp3) is 0.351. The Morgan fingerprint density at radius 2 is 1.46 bits per heavy atom. The number of nitro benzene ring substituents is 1. The molecule has 12 nitrogen and oxygen atoms in total. The zero-order chi connectivity index (χ0) is 42.7. The predicted molar refractivity (Wildman–Crippen MR) is 202 cm³/mol. The van der Waals surface area contributed by atoms with Crippen molar-refractivity contribution < 1.29 is 64.1 Å². The van der Waals surface area contributed by atoms with Crippen LogP contribution in [0.5, 0.6) is 11.5 Å². The average molecular weight is 857 g/mol. The van der Waals surface area contributed by atoms with Crippen molar-refractivity contribution in [1.29, 1.82) is 0 Å². The maximum Gasteiger partial charge on any atom is 0.355 e. The van der Waals surface area contributed by atoms with Crippen LogP contribution in [-0.2, 0) is 25.4 Å². The topological polar surface area (TPSA) is 152 Å². The number of likely N-dealkylation sites (tertiary alicyclic amines) is 1. The molecular weight excluding hydrogens is 820 g/mol. The standard InChI is InChI=1S/C37H37F5N2O10S2Si/c1-18(2)30(35(47)51-17-20-9-13-22(14-10-20)44(49)50)43-32(45)24(19(3)54-57(7,8)37(4,5)6)33(43)55-36(48)56-53-23-15-11-21(12-16-23)34(46)52-31-28(41)26(39)25(38)27(40)29(31)42/h9-16,19,24,33H,17H2,1-8H3/t19-,24?,33?/m0/s1. The highest BCUT2D eigenvalue weighted by Gasteiger charge is 2.56. The number of non-ortho nitro benzene ring substituents is 1. The second kappa shape index (κ2) is 17.8. The van der Waals surface area contributed by atoms with Gasteiger partial charge in [0.25, 0.3) is 10.1 Å². The van der Waals surface area contributed by atoms with Gasteiger partial charge in [-0.05, 0) is 98.2 Å². The van der Waals surface area contributed by atoms with Crippen molar-refractivity contribution in [2.24, 2.45) is 5.92 Å². The van der Waals surface area contributed by atoms with Gasteiger partial charge in [-0.25, -0.2) is 22.8 Å². The van der Waals surface area contributed by atoms with E-state index < -0.39 is 87.8 Å². The van der Waals surface area contributed by atoms with Crippen LogP contribution in [0.2, 0.25) is 18.1 Å². The Kier molecular flexibility index (Phi) is 14.0. The number of carbonyl (C=O) groups is 4. The van der Waals surface area contributed by atoms with Crippen molar-refractivity contribution in [2.75, 3.05) is 0 Å². The van der Waals surface area contributed by atoms with Gasteiger partial charge >= 0.3 is 11.9 Å². The van der Waals surface area contributed by atoms with Gasteiger partial charge in [0.05, 0.1) is 22.5 Å². The Labute approximate surface area is 333 Å². The molecule has 3 atom stereocenters. The lowest BCUT2D eigenvalue weighted by Gasteiger charge is -2.50. The number of thioether (sulfide) groups is 1. The van der Waals surface area contributed by atoms with E-state index in [2.05, 4.69) is 4.74 Å². The molecule has 3 aromatic carbocycles. The van der Waals surface area contributed by atoms with Crippen LogP contribution in [-0.4, -0.2) is 51.9 Å². The van der Waals surface area contributed by atoms with E-state index in [9.17, 15) is 51.2 Å². The quantitative estimate of drug-likeness (QED) is 0.0138. The third-order valence-corrected chi connectivity index (χ3v) is 15.6. The van der Waals surface area contributed by atoms with Gasteiger partial charge < -0.3 is 18.1 Å². The van der Waals surface area contributed by atoms with E-state index in [4.69, 9.17) is 13.3 Å². The van der Waals surface area contributed by atoms with E-state index in [0.29, 0.717) is 34.9 Å². The minimum Gasteiger partial charge on any atom is -0.456 e. The van der Waals surface area contributed by atoms with Gasteiger partial charge in [0, 0.05) is 12.1 Å². The Morgan fingerprint density at radius 1 is 0.912 bits per heavy atom. The van der Waals surface area contributed by atoms with Crippen LogP contribution in [0, 0.1) is 45.1 Å². The summed E-state index contributed by atoms with van der Waals surface area (Å²) < 4.78 is 89.7. The normalized spacial score (nSPS) is 16.0. The van der Waals surface area contributed by atoms with Crippen molar-refractivity contribution in [1.82, 2.24) is 4.90 Å². The second-order valence-electron chi connectivity index (χ2n) is 14.4. The number of amides is 1. The van der Waals surface area contributed by atoms with Gasteiger partial charge in [0.1, 0.15) is 35.5 Å². The third-order valence-electron chi connectivity index (χ3n) is 9.18. The molecule has 3 aromatic rings. The van der Waals surface area contributed by atoms with E-state index in [1.165, 1.54) is 36.4 Å². The first-order chi connectivity index (χ1) is 26.5. The number of nitrogens with zero attached hydrogens (tertiary/aromatic N) is 2. The summed E-state index contributed by atoms with van der Waals surface area (Å²) in [6.45, 7) is 14.7. The first-order valence-electron chi connectivity index (χ1n) is 16.9. The molecule has 0 saturated carbocycles. The number of allylic oxidation sites excluding steroid dienone is 1. The Hall–Kier alpha value is -4.79.